The summed E-state index contributed by atoms with van der Waals surface area (Å²) in [5.74, 6) is 0.959. The minimum Gasteiger partial charge on any atom is -0.494 e. The van der Waals surface area contributed by atoms with Crippen molar-refractivity contribution >= 4 is 11.6 Å². The van der Waals surface area contributed by atoms with Crippen molar-refractivity contribution in [1.29, 1.82) is 0 Å². The van der Waals surface area contributed by atoms with Gasteiger partial charge in [0, 0.05) is 43.3 Å². The Labute approximate surface area is 114 Å². The largest absolute Gasteiger partial charge is 0.494 e. The average Bonchev–Trinajstić information content (AvgIpc) is 2.36. The van der Waals surface area contributed by atoms with E-state index < -0.39 is 0 Å². The number of hydrogen-bond acceptors (Lipinski definition) is 3. The van der Waals surface area contributed by atoms with Gasteiger partial charge in [0.05, 0.1) is 6.61 Å². The van der Waals surface area contributed by atoms with Gasteiger partial charge in [-0.3, -0.25) is 4.90 Å². The van der Waals surface area contributed by atoms with Crippen molar-refractivity contribution in [1.82, 2.24) is 9.80 Å². The fraction of sp³-hybridized carbons (Fsp3) is 0.571. The van der Waals surface area contributed by atoms with Crippen LogP contribution in [0.4, 0.5) is 0 Å². The number of halogens is 1. The van der Waals surface area contributed by atoms with E-state index in [1.54, 1.807) is 0 Å². The van der Waals surface area contributed by atoms with Gasteiger partial charge in [0.1, 0.15) is 5.75 Å². The lowest BCUT2D eigenvalue weighted by atomic mass is 10.1. The molecule has 1 aromatic carbocycles. The molecule has 3 nitrogen and oxygen atoms in total. The molecule has 100 valence electrons. The monoisotopic (exact) mass is 268 g/mol. The van der Waals surface area contributed by atoms with Crippen LogP contribution in [0.2, 0.25) is 5.02 Å². The first-order valence-electron chi connectivity index (χ1n) is 6.51. The van der Waals surface area contributed by atoms with E-state index in [1.807, 2.05) is 25.1 Å². The molecule has 2 rings (SSSR count). The van der Waals surface area contributed by atoms with Gasteiger partial charge >= 0.3 is 0 Å². The number of likely N-dealkylation sites (N-methyl/N-ethyl adjacent to an activating group) is 1. The van der Waals surface area contributed by atoms with Gasteiger partial charge in [-0.05, 0) is 32.2 Å². The predicted molar refractivity (Wildman–Crippen MR) is 75.4 cm³/mol. The standard InChI is InChI=1S/C14H21ClN2O/c1-3-18-14-5-4-13(15)10-12(14)11-17-8-6-16(2)7-9-17/h4-5,10H,3,6-9,11H2,1-2H3. The Morgan fingerprint density at radius 1 is 1.22 bits per heavy atom. The van der Waals surface area contributed by atoms with Crippen LogP contribution in [-0.4, -0.2) is 49.6 Å². The second kappa shape index (κ2) is 6.41. The molecule has 1 fully saturated rings. The second-order valence-corrected chi connectivity index (χ2v) is 5.20. The smallest absolute Gasteiger partial charge is 0.123 e. The molecular formula is C14H21ClN2O. The van der Waals surface area contributed by atoms with Crippen LogP contribution >= 0.6 is 11.6 Å². The van der Waals surface area contributed by atoms with Crippen molar-refractivity contribution in [2.24, 2.45) is 0 Å². The summed E-state index contributed by atoms with van der Waals surface area (Å²) in [6, 6.07) is 5.88. The first-order valence-corrected chi connectivity index (χ1v) is 6.89. The maximum Gasteiger partial charge on any atom is 0.123 e. The Kier molecular flexibility index (Phi) is 4.87. The molecule has 1 aliphatic rings. The number of nitrogens with zero attached hydrogens (tertiary/aromatic N) is 2. The Morgan fingerprint density at radius 2 is 1.94 bits per heavy atom. The van der Waals surface area contributed by atoms with Crippen molar-refractivity contribution in [3.05, 3.63) is 28.8 Å². The van der Waals surface area contributed by atoms with Crippen molar-refractivity contribution in [3.8, 4) is 5.75 Å². The van der Waals surface area contributed by atoms with E-state index in [1.165, 1.54) is 5.56 Å². The zero-order valence-corrected chi connectivity index (χ0v) is 11.9. The summed E-state index contributed by atoms with van der Waals surface area (Å²) in [5, 5.41) is 0.780. The van der Waals surface area contributed by atoms with Crippen LogP contribution in [0.5, 0.6) is 5.75 Å². The van der Waals surface area contributed by atoms with Crippen molar-refractivity contribution in [2.75, 3.05) is 39.8 Å². The van der Waals surface area contributed by atoms with Crippen LogP contribution in [0.15, 0.2) is 18.2 Å². The minimum atomic E-state index is 0.692. The highest BCUT2D eigenvalue weighted by molar-refractivity contribution is 6.30. The van der Waals surface area contributed by atoms with Gasteiger partial charge in [-0.2, -0.15) is 0 Å². The van der Waals surface area contributed by atoms with Crippen LogP contribution in [0.1, 0.15) is 12.5 Å². The van der Waals surface area contributed by atoms with Gasteiger partial charge in [-0.1, -0.05) is 11.6 Å². The fourth-order valence-corrected chi connectivity index (χ4v) is 2.41. The Hall–Kier alpha value is -0.770. The third-order valence-corrected chi connectivity index (χ3v) is 3.55. The van der Waals surface area contributed by atoms with Gasteiger partial charge in [-0.15, -0.1) is 0 Å². The van der Waals surface area contributed by atoms with Crippen LogP contribution < -0.4 is 4.74 Å². The fourth-order valence-electron chi connectivity index (χ4n) is 2.21. The molecule has 0 aliphatic carbocycles. The molecule has 0 saturated carbocycles. The number of rotatable bonds is 4. The highest BCUT2D eigenvalue weighted by Crippen LogP contribution is 2.24. The van der Waals surface area contributed by atoms with E-state index in [9.17, 15) is 0 Å². The van der Waals surface area contributed by atoms with Gasteiger partial charge in [-0.25, -0.2) is 0 Å². The summed E-state index contributed by atoms with van der Waals surface area (Å²) in [6.45, 7) is 8.09. The van der Waals surface area contributed by atoms with Gasteiger partial charge in [0.2, 0.25) is 0 Å². The first kappa shape index (κ1) is 13.7. The summed E-state index contributed by atoms with van der Waals surface area (Å²) in [5.41, 5.74) is 1.19. The molecule has 4 heteroatoms. The highest BCUT2D eigenvalue weighted by atomic mass is 35.5. The third kappa shape index (κ3) is 3.61. The van der Waals surface area contributed by atoms with E-state index in [2.05, 4.69) is 16.8 Å². The molecule has 0 radical (unpaired) electrons. The Bertz CT molecular complexity index is 389. The van der Waals surface area contributed by atoms with Crippen molar-refractivity contribution in [2.45, 2.75) is 13.5 Å². The Morgan fingerprint density at radius 3 is 2.61 bits per heavy atom. The predicted octanol–water partition coefficient (Wildman–Crippen LogP) is 2.49. The maximum absolute atomic E-state index is 6.08. The number of hydrogen-bond donors (Lipinski definition) is 0. The van der Waals surface area contributed by atoms with Crippen LogP contribution in [0, 0.1) is 0 Å². The van der Waals surface area contributed by atoms with Crippen LogP contribution in [0.3, 0.4) is 0 Å². The number of benzene rings is 1. The van der Waals surface area contributed by atoms with Crippen LogP contribution in [-0.2, 0) is 6.54 Å². The molecule has 0 amide bonds. The molecule has 0 aromatic heterocycles. The normalized spacial score (nSPS) is 17.9. The SMILES string of the molecule is CCOc1ccc(Cl)cc1CN1CCN(C)CC1. The molecule has 1 saturated heterocycles. The lowest BCUT2D eigenvalue weighted by Gasteiger charge is -2.32. The highest BCUT2D eigenvalue weighted by Gasteiger charge is 2.15. The molecule has 18 heavy (non-hydrogen) atoms. The van der Waals surface area contributed by atoms with Gasteiger partial charge < -0.3 is 9.64 Å². The molecule has 1 heterocycles. The van der Waals surface area contributed by atoms with E-state index in [4.69, 9.17) is 16.3 Å². The number of piperazine rings is 1. The molecule has 0 N–H and O–H groups in total. The summed E-state index contributed by atoms with van der Waals surface area (Å²) in [6.07, 6.45) is 0. The molecular weight excluding hydrogens is 248 g/mol. The number of ether oxygens (including phenoxy) is 1. The van der Waals surface area contributed by atoms with Crippen molar-refractivity contribution < 1.29 is 4.74 Å². The third-order valence-electron chi connectivity index (χ3n) is 3.31. The van der Waals surface area contributed by atoms with E-state index >= 15 is 0 Å². The summed E-state index contributed by atoms with van der Waals surface area (Å²) in [7, 11) is 2.17. The molecule has 1 aromatic rings. The van der Waals surface area contributed by atoms with Gasteiger partial charge in [0.15, 0.2) is 0 Å². The minimum absolute atomic E-state index is 0.692. The first-order chi connectivity index (χ1) is 8.69. The lowest BCUT2D eigenvalue weighted by Crippen LogP contribution is -2.43. The summed E-state index contributed by atoms with van der Waals surface area (Å²) in [4.78, 5) is 4.81. The molecule has 0 bridgehead atoms. The Balaban J connectivity index is 2.05. The lowest BCUT2D eigenvalue weighted by molar-refractivity contribution is 0.146. The second-order valence-electron chi connectivity index (χ2n) is 4.76. The molecule has 0 unspecified atom stereocenters. The summed E-state index contributed by atoms with van der Waals surface area (Å²) >= 11 is 6.08. The zero-order valence-electron chi connectivity index (χ0n) is 11.2. The molecule has 1 aliphatic heterocycles. The average molecular weight is 269 g/mol. The topological polar surface area (TPSA) is 15.7 Å². The van der Waals surface area contributed by atoms with E-state index in [-0.39, 0.29) is 0 Å². The van der Waals surface area contributed by atoms with Crippen LogP contribution in [0.25, 0.3) is 0 Å². The molecule has 0 atom stereocenters. The zero-order chi connectivity index (χ0) is 13.0. The van der Waals surface area contributed by atoms with E-state index in [0.717, 1.165) is 43.5 Å². The molecule has 0 spiro atoms. The quantitative estimate of drug-likeness (QED) is 0.835. The summed E-state index contributed by atoms with van der Waals surface area (Å²) < 4.78 is 5.66. The maximum atomic E-state index is 6.08. The van der Waals surface area contributed by atoms with Gasteiger partial charge in [0.25, 0.3) is 0 Å². The van der Waals surface area contributed by atoms with E-state index in [0.29, 0.717) is 6.61 Å². The van der Waals surface area contributed by atoms with Crippen molar-refractivity contribution in [3.63, 3.8) is 0 Å².